The molecule has 0 N–H and O–H groups in total. The van der Waals surface area contributed by atoms with E-state index in [1.807, 2.05) is 0 Å². The summed E-state index contributed by atoms with van der Waals surface area (Å²) in [6.45, 7) is 6.95. The Morgan fingerprint density at radius 3 is 2.36 bits per heavy atom. The Bertz CT molecular complexity index is 848. The van der Waals surface area contributed by atoms with E-state index in [0.29, 0.717) is 0 Å². The van der Waals surface area contributed by atoms with Crippen molar-refractivity contribution in [1.29, 1.82) is 10.5 Å². The highest BCUT2D eigenvalue weighted by Gasteiger charge is 2.16. The molecule has 4 nitrogen and oxygen atoms in total. The van der Waals surface area contributed by atoms with Gasteiger partial charge in [0.05, 0.1) is 18.4 Å². The molecule has 0 amide bonds. The molecule has 6 heteroatoms. The van der Waals surface area contributed by atoms with Gasteiger partial charge in [-0.25, -0.2) is 18.9 Å². The third kappa shape index (κ3) is 2.95. The molecule has 0 saturated heterocycles. The average Bonchev–Trinajstić information content (AvgIpc) is 2.49. The number of allylic oxidation sites excluding steroid dienone is 6. The predicted octanol–water partition coefficient (Wildman–Crippen LogP) is 3.54. The van der Waals surface area contributed by atoms with E-state index in [-0.39, 0.29) is 28.1 Å². The second-order valence-corrected chi connectivity index (χ2v) is 4.17. The maximum absolute atomic E-state index is 13.4. The van der Waals surface area contributed by atoms with Gasteiger partial charge in [-0.15, -0.1) is 0 Å². The number of hydrogen-bond acceptors (Lipinski definition) is 3. The van der Waals surface area contributed by atoms with Crippen molar-refractivity contribution in [1.82, 2.24) is 0 Å². The van der Waals surface area contributed by atoms with E-state index in [9.17, 15) is 8.78 Å². The molecule has 0 heterocycles. The summed E-state index contributed by atoms with van der Waals surface area (Å²) in [7, 11) is 0. The first kappa shape index (κ1) is 14.8. The molecule has 104 valence electrons. The van der Waals surface area contributed by atoms with E-state index in [1.165, 1.54) is 18.2 Å². The van der Waals surface area contributed by atoms with Crippen LogP contribution < -0.4 is 0 Å². The van der Waals surface area contributed by atoms with Crippen LogP contribution in [0.2, 0.25) is 0 Å². The number of benzene rings is 1. The Labute approximate surface area is 125 Å². The second-order valence-electron chi connectivity index (χ2n) is 4.17. The maximum atomic E-state index is 13.4. The summed E-state index contributed by atoms with van der Waals surface area (Å²) in [5.74, 6) is -1.56. The van der Waals surface area contributed by atoms with E-state index in [4.69, 9.17) is 17.1 Å². The van der Waals surface area contributed by atoms with Crippen LogP contribution in [0.25, 0.3) is 10.4 Å². The standard InChI is InChI=1S/C16H6F2N4/c1-21-16(8-19)10-2-3-15(22-9-20)14(6-10)11-4-12(17)7-13(18)5-11/h2-7H/b16-10+,22-15?. The largest absolute Gasteiger partial charge is 0.268 e. The minimum Gasteiger partial charge on any atom is -0.226 e. The molecule has 0 spiro atoms. The molecule has 0 unspecified atom stereocenters. The lowest BCUT2D eigenvalue weighted by Gasteiger charge is -2.13. The van der Waals surface area contributed by atoms with Crippen molar-refractivity contribution in [2.45, 2.75) is 0 Å². The summed E-state index contributed by atoms with van der Waals surface area (Å²) >= 11 is 0. The Morgan fingerprint density at radius 1 is 1.14 bits per heavy atom. The summed E-state index contributed by atoms with van der Waals surface area (Å²) < 4.78 is 26.8. The fourth-order valence-corrected chi connectivity index (χ4v) is 1.93. The van der Waals surface area contributed by atoms with Crippen LogP contribution in [-0.2, 0) is 0 Å². The van der Waals surface area contributed by atoms with Gasteiger partial charge in [0.15, 0.2) is 0 Å². The molecule has 1 aliphatic rings. The van der Waals surface area contributed by atoms with Crippen LogP contribution in [0.3, 0.4) is 0 Å². The molecule has 2 rings (SSSR count). The smallest absolute Gasteiger partial charge is 0.226 e. The number of halogens is 2. The maximum Gasteiger partial charge on any atom is 0.268 e. The van der Waals surface area contributed by atoms with Gasteiger partial charge >= 0.3 is 0 Å². The van der Waals surface area contributed by atoms with E-state index >= 15 is 0 Å². The number of aliphatic imine (C=N–C) groups is 1. The van der Waals surface area contributed by atoms with Crippen molar-refractivity contribution in [3.63, 3.8) is 0 Å². The lowest BCUT2D eigenvalue weighted by molar-refractivity contribution is 0.582. The molecule has 0 aromatic heterocycles. The SMILES string of the molecule is [C-]#[N+]/C(C#N)=C1\C=CC(=NC#N)C(c2cc(F)cc(F)c2)=C1. The molecule has 0 aliphatic heterocycles. The molecular weight excluding hydrogens is 286 g/mol. The van der Waals surface area contributed by atoms with Gasteiger partial charge < -0.3 is 0 Å². The Hall–Kier alpha value is -3.56. The molecular formula is C16H6F2N4. The predicted molar refractivity (Wildman–Crippen MR) is 75.8 cm³/mol. The molecule has 1 aromatic rings. The Kier molecular flexibility index (Phi) is 4.22. The first-order valence-corrected chi connectivity index (χ1v) is 5.94. The molecule has 1 aromatic carbocycles. The minimum atomic E-state index is -0.780. The monoisotopic (exact) mass is 292 g/mol. The van der Waals surface area contributed by atoms with Crippen LogP contribution in [0.5, 0.6) is 0 Å². The molecule has 0 bridgehead atoms. The number of nitriles is 2. The van der Waals surface area contributed by atoms with Crippen LogP contribution in [0.1, 0.15) is 5.56 Å². The molecule has 0 fully saturated rings. The van der Waals surface area contributed by atoms with Crippen molar-refractivity contribution in [3.05, 3.63) is 76.3 Å². The van der Waals surface area contributed by atoms with Crippen LogP contribution in [0.15, 0.2) is 52.7 Å². The second kappa shape index (κ2) is 6.26. The highest BCUT2D eigenvalue weighted by Crippen LogP contribution is 2.27. The summed E-state index contributed by atoms with van der Waals surface area (Å²) in [4.78, 5) is 6.67. The minimum absolute atomic E-state index is 0.163. The van der Waals surface area contributed by atoms with Crippen LogP contribution in [0, 0.1) is 41.0 Å². The normalized spacial score (nSPS) is 17.2. The van der Waals surface area contributed by atoms with E-state index in [0.717, 1.165) is 18.2 Å². The van der Waals surface area contributed by atoms with E-state index in [1.54, 1.807) is 12.3 Å². The third-order valence-electron chi connectivity index (χ3n) is 2.83. The zero-order valence-corrected chi connectivity index (χ0v) is 11.0. The van der Waals surface area contributed by atoms with Gasteiger partial charge in [-0.1, -0.05) is 12.2 Å². The number of nitrogens with zero attached hydrogens (tertiary/aromatic N) is 4. The quantitative estimate of drug-likeness (QED) is 0.451. The Morgan fingerprint density at radius 2 is 1.82 bits per heavy atom. The van der Waals surface area contributed by atoms with Crippen molar-refractivity contribution >= 4 is 11.3 Å². The third-order valence-corrected chi connectivity index (χ3v) is 2.83. The van der Waals surface area contributed by atoms with Gasteiger partial charge in [0, 0.05) is 11.6 Å². The van der Waals surface area contributed by atoms with E-state index < -0.39 is 11.6 Å². The molecule has 1 aliphatic carbocycles. The molecule has 0 atom stereocenters. The van der Waals surface area contributed by atoms with Crippen LogP contribution >= 0.6 is 0 Å². The van der Waals surface area contributed by atoms with Gasteiger partial charge in [0.25, 0.3) is 5.70 Å². The fraction of sp³-hybridized carbons (Fsp3) is 0. The highest BCUT2D eigenvalue weighted by molar-refractivity contribution is 6.31. The average molecular weight is 292 g/mol. The zero-order valence-electron chi connectivity index (χ0n) is 11.0. The lowest BCUT2D eigenvalue weighted by atomic mass is 9.93. The summed E-state index contributed by atoms with van der Waals surface area (Å²) in [6.07, 6.45) is 5.88. The topological polar surface area (TPSA) is 64.3 Å². The highest BCUT2D eigenvalue weighted by atomic mass is 19.1. The number of hydrogen-bond donors (Lipinski definition) is 0. The zero-order chi connectivity index (χ0) is 16.1. The van der Waals surface area contributed by atoms with Gasteiger partial charge in [-0.05, 0) is 29.3 Å². The van der Waals surface area contributed by atoms with Crippen molar-refractivity contribution in [2.75, 3.05) is 0 Å². The van der Waals surface area contributed by atoms with Crippen molar-refractivity contribution in [3.8, 4) is 12.3 Å². The first-order chi connectivity index (χ1) is 10.6. The van der Waals surface area contributed by atoms with Crippen LogP contribution in [0.4, 0.5) is 8.78 Å². The lowest BCUT2D eigenvalue weighted by Crippen LogP contribution is -2.05. The van der Waals surface area contributed by atoms with Gasteiger partial charge in [-0.2, -0.15) is 10.3 Å². The summed E-state index contributed by atoms with van der Waals surface area (Å²) in [6, 6.07) is 4.63. The van der Waals surface area contributed by atoms with Crippen LogP contribution in [-0.4, -0.2) is 5.71 Å². The Balaban J connectivity index is 2.70. The van der Waals surface area contributed by atoms with Gasteiger partial charge in [0.2, 0.25) is 6.19 Å². The molecule has 0 saturated carbocycles. The summed E-state index contributed by atoms with van der Waals surface area (Å²) in [5, 5.41) is 17.6. The van der Waals surface area contributed by atoms with E-state index in [2.05, 4.69) is 9.84 Å². The first-order valence-electron chi connectivity index (χ1n) is 5.94. The number of rotatable bonds is 1. The molecule has 22 heavy (non-hydrogen) atoms. The van der Waals surface area contributed by atoms with Gasteiger partial charge in [-0.3, -0.25) is 0 Å². The summed E-state index contributed by atoms with van der Waals surface area (Å²) in [5.41, 5.74) is 0.735. The van der Waals surface area contributed by atoms with Crippen molar-refractivity contribution in [2.24, 2.45) is 4.99 Å². The fourth-order valence-electron chi connectivity index (χ4n) is 1.93. The van der Waals surface area contributed by atoms with Crippen molar-refractivity contribution < 1.29 is 8.78 Å². The van der Waals surface area contributed by atoms with Gasteiger partial charge in [0.1, 0.15) is 11.6 Å². The molecule has 0 radical (unpaired) electrons.